The Labute approximate surface area is 113 Å². The summed E-state index contributed by atoms with van der Waals surface area (Å²) in [5, 5.41) is 9.27. The third-order valence-corrected chi connectivity index (χ3v) is 3.53. The number of aryl methyl sites for hydroxylation is 2. The maximum absolute atomic E-state index is 12.6. The summed E-state index contributed by atoms with van der Waals surface area (Å²) in [6, 6.07) is 0. The van der Waals surface area contributed by atoms with Crippen LogP contribution in [-0.4, -0.2) is 34.0 Å². The fraction of sp³-hybridized carbons (Fsp3) is 0.571. The average molecular weight is 267 g/mol. The van der Waals surface area contributed by atoms with Gasteiger partial charge in [0.2, 0.25) is 0 Å². The van der Waals surface area contributed by atoms with Crippen LogP contribution in [-0.2, 0) is 4.79 Å². The topological polar surface area (TPSA) is 70.8 Å². The molecule has 0 aliphatic carbocycles. The SMILES string of the molecule is CCN(C(=O)c1c(C)oc(C)c1C)C(C)(C)C(=O)O. The first-order valence-corrected chi connectivity index (χ1v) is 6.26. The number of hydrogen-bond donors (Lipinski definition) is 1. The van der Waals surface area contributed by atoms with Gasteiger partial charge in [-0.2, -0.15) is 0 Å². The van der Waals surface area contributed by atoms with E-state index >= 15 is 0 Å². The quantitative estimate of drug-likeness (QED) is 0.910. The van der Waals surface area contributed by atoms with Gasteiger partial charge in [-0.1, -0.05) is 0 Å². The first-order valence-electron chi connectivity index (χ1n) is 6.26. The van der Waals surface area contributed by atoms with E-state index in [0.717, 1.165) is 5.56 Å². The summed E-state index contributed by atoms with van der Waals surface area (Å²) in [4.78, 5) is 25.2. The summed E-state index contributed by atoms with van der Waals surface area (Å²) in [6.45, 7) is 10.4. The fourth-order valence-electron chi connectivity index (χ4n) is 2.15. The molecule has 0 fully saturated rings. The van der Waals surface area contributed by atoms with E-state index in [1.807, 2.05) is 0 Å². The van der Waals surface area contributed by atoms with E-state index in [1.54, 1.807) is 27.7 Å². The van der Waals surface area contributed by atoms with E-state index in [4.69, 9.17) is 4.42 Å². The van der Waals surface area contributed by atoms with Crippen molar-refractivity contribution in [2.24, 2.45) is 0 Å². The van der Waals surface area contributed by atoms with Gasteiger partial charge in [-0.3, -0.25) is 4.79 Å². The summed E-state index contributed by atoms with van der Waals surface area (Å²) in [6.07, 6.45) is 0. The van der Waals surface area contributed by atoms with Crippen LogP contribution in [0, 0.1) is 20.8 Å². The zero-order chi connectivity index (χ0) is 15.0. The van der Waals surface area contributed by atoms with Gasteiger partial charge in [0.15, 0.2) is 0 Å². The number of furan rings is 1. The van der Waals surface area contributed by atoms with E-state index in [-0.39, 0.29) is 5.91 Å². The second-order valence-electron chi connectivity index (χ2n) is 5.13. The van der Waals surface area contributed by atoms with Crippen molar-refractivity contribution in [3.8, 4) is 0 Å². The Bertz CT molecular complexity index is 514. The molecule has 1 aromatic heterocycles. The Morgan fingerprint density at radius 2 is 1.74 bits per heavy atom. The van der Waals surface area contributed by atoms with Crippen LogP contribution in [0.3, 0.4) is 0 Å². The summed E-state index contributed by atoms with van der Waals surface area (Å²) < 4.78 is 5.44. The van der Waals surface area contributed by atoms with Crippen molar-refractivity contribution in [2.45, 2.75) is 47.1 Å². The van der Waals surface area contributed by atoms with E-state index in [1.165, 1.54) is 18.7 Å². The van der Waals surface area contributed by atoms with Gasteiger partial charge in [0.25, 0.3) is 5.91 Å². The maximum Gasteiger partial charge on any atom is 0.329 e. The van der Waals surface area contributed by atoms with Crippen LogP contribution < -0.4 is 0 Å². The van der Waals surface area contributed by atoms with Crippen LogP contribution in [0.4, 0.5) is 0 Å². The molecule has 0 bridgehead atoms. The Kier molecular flexibility index (Phi) is 4.08. The highest BCUT2D eigenvalue weighted by Gasteiger charge is 2.38. The number of amides is 1. The second kappa shape index (κ2) is 5.07. The van der Waals surface area contributed by atoms with Crippen molar-refractivity contribution in [2.75, 3.05) is 6.54 Å². The lowest BCUT2D eigenvalue weighted by Crippen LogP contribution is -2.53. The zero-order valence-electron chi connectivity index (χ0n) is 12.3. The minimum absolute atomic E-state index is 0.304. The number of nitrogens with zero attached hydrogens (tertiary/aromatic N) is 1. The number of aliphatic carboxylic acids is 1. The number of hydrogen-bond acceptors (Lipinski definition) is 3. The molecule has 1 rings (SSSR count). The van der Waals surface area contributed by atoms with Crippen LogP contribution in [0.15, 0.2) is 4.42 Å². The van der Waals surface area contributed by atoms with Crippen LogP contribution >= 0.6 is 0 Å². The van der Waals surface area contributed by atoms with Gasteiger partial charge in [-0.05, 0) is 41.5 Å². The molecular formula is C14H21NO4. The highest BCUT2D eigenvalue weighted by Crippen LogP contribution is 2.25. The molecule has 0 aromatic carbocycles. The number of carboxylic acid groups (broad SMARTS) is 1. The van der Waals surface area contributed by atoms with Crippen molar-refractivity contribution in [1.29, 1.82) is 0 Å². The fourth-order valence-corrected chi connectivity index (χ4v) is 2.15. The van der Waals surface area contributed by atoms with E-state index in [9.17, 15) is 14.7 Å². The van der Waals surface area contributed by atoms with Gasteiger partial charge in [0.1, 0.15) is 17.1 Å². The number of rotatable bonds is 4. The lowest BCUT2D eigenvalue weighted by Gasteiger charge is -2.34. The second-order valence-corrected chi connectivity index (χ2v) is 5.13. The number of carbonyl (C=O) groups is 2. The van der Waals surface area contributed by atoms with Gasteiger partial charge >= 0.3 is 5.97 Å². The van der Waals surface area contributed by atoms with Gasteiger partial charge in [0.05, 0.1) is 5.56 Å². The first-order chi connectivity index (χ1) is 8.64. The third-order valence-electron chi connectivity index (χ3n) is 3.53. The molecular weight excluding hydrogens is 246 g/mol. The molecule has 1 amide bonds. The molecule has 0 atom stereocenters. The van der Waals surface area contributed by atoms with E-state index in [2.05, 4.69) is 0 Å². The average Bonchev–Trinajstić information content (AvgIpc) is 2.53. The van der Waals surface area contributed by atoms with E-state index in [0.29, 0.717) is 23.6 Å². The normalized spacial score (nSPS) is 11.5. The molecule has 0 aliphatic rings. The minimum Gasteiger partial charge on any atom is -0.480 e. The van der Waals surface area contributed by atoms with Gasteiger partial charge < -0.3 is 14.4 Å². The van der Waals surface area contributed by atoms with Crippen LogP contribution in [0.5, 0.6) is 0 Å². The standard InChI is InChI=1S/C14H21NO4/c1-7-15(14(5,6)13(17)18)12(16)11-8(2)9(3)19-10(11)4/h7H2,1-6H3,(H,17,18). The van der Waals surface area contributed by atoms with Crippen molar-refractivity contribution >= 4 is 11.9 Å². The predicted octanol–water partition coefficient (Wildman–Crippen LogP) is 2.53. The third kappa shape index (κ3) is 2.50. The first kappa shape index (κ1) is 15.3. The molecule has 0 saturated heterocycles. The molecule has 5 nitrogen and oxygen atoms in total. The van der Waals surface area contributed by atoms with Crippen LogP contribution in [0.1, 0.15) is 48.2 Å². The summed E-state index contributed by atoms with van der Waals surface area (Å²) in [7, 11) is 0. The molecule has 0 aliphatic heterocycles. The zero-order valence-corrected chi connectivity index (χ0v) is 12.3. The van der Waals surface area contributed by atoms with Gasteiger partial charge in [-0.25, -0.2) is 4.79 Å². The number of carboxylic acids is 1. The smallest absolute Gasteiger partial charge is 0.329 e. The van der Waals surface area contributed by atoms with Crippen LogP contribution in [0.25, 0.3) is 0 Å². The van der Waals surface area contributed by atoms with Crippen molar-refractivity contribution < 1.29 is 19.1 Å². The highest BCUT2D eigenvalue weighted by molar-refractivity contribution is 5.99. The molecule has 1 aromatic rings. The predicted molar refractivity (Wildman–Crippen MR) is 71.3 cm³/mol. The Morgan fingerprint density at radius 3 is 2.05 bits per heavy atom. The van der Waals surface area contributed by atoms with Crippen molar-refractivity contribution in [1.82, 2.24) is 4.90 Å². The molecule has 1 heterocycles. The lowest BCUT2D eigenvalue weighted by atomic mass is 10.00. The monoisotopic (exact) mass is 267 g/mol. The van der Waals surface area contributed by atoms with Gasteiger partial charge in [0, 0.05) is 12.1 Å². The molecule has 19 heavy (non-hydrogen) atoms. The Morgan fingerprint density at radius 1 is 1.21 bits per heavy atom. The number of carbonyl (C=O) groups excluding carboxylic acids is 1. The molecule has 0 unspecified atom stereocenters. The molecule has 0 spiro atoms. The Balaban J connectivity index is 3.27. The van der Waals surface area contributed by atoms with Gasteiger partial charge in [-0.15, -0.1) is 0 Å². The van der Waals surface area contributed by atoms with Crippen molar-refractivity contribution in [3.05, 3.63) is 22.6 Å². The summed E-state index contributed by atoms with van der Waals surface area (Å²) >= 11 is 0. The maximum atomic E-state index is 12.6. The van der Waals surface area contributed by atoms with E-state index < -0.39 is 11.5 Å². The number of likely N-dealkylation sites (N-methyl/N-ethyl adjacent to an activating group) is 1. The van der Waals surface area contributed by atoms with Crippen LogP contribution in [0.2, 0.25) is 0 Å². The molecule has 0 saturated carbocycles. The Hall–Kier alpha value is -1.78. The molecule has 5 heteroatoms. The summed E-state index contributed by atoms with van der Waals surface area (Å²) in [5.74, 6) is -0.121. The lowest BCUT2D eigenvalue weighted by molar-refractivity contribution is -0.147. The molecule has 1 N–H and O–H groups in total. The molecule has 106 valence electrons. The summed E-state index contributed by atoms with van der Waals surface area (Å²) in [5.41, 5.74) is -0.0218. The largest absolute Gasteiger partial charge is 0.480 e. The molecule has 0 radical (unpaired) electrons. The van der Waals surface area contributed by atoms with Crippen molar-refractivity contribution in [3.63, 3.8) is 0 Å². The highest BCUT2D eigenvalue weighted by atomic mass is 16.4. The minimum atomic E-state index is -1.25.